The molecule has 1 aliphatic heterocycles. The highest BCUT2D eigenvalue weighted by Gasteiger charge is 2.34. The average Bonchev–Trinajstić information content (AvgIpc) is 3.23. The van der Waals surface area contributed by atoms with E-state index < -0.39 is 6.23 Å². The molecule has 1 aliphatic rings. The first kappa shape index (κ1) is 28.9. The van der Waals surface area contributed by atoms with Gasteiger partial charge in [-0.05, 0) is 70.8 Å². The van der Waals surface area contributed by atoms with Gasteiger partial charge in [0.1, 0.15) is 5.82 Å². The minimum atomic E-state index is -0.767. The average molecular weight is 538 g/mol. The van der Waals surface area contributed by atoms with E-state index in [0.717, 1.165) is 28.7 Å². The first-order valence-electron chi connectivity index (χ1n) is 13.5. The Kier molecular flexibility index (Phi) is 9.17. The van der Waals surface area contributed by atoms with Gasteiger partial charge in [-0.2, -0.15) is 0 Å². The summed E-state index contributed by atoms with van der Waals surface area (Å²) >= 11 is 0. The van der Waals surface area contributed by atoms with Crippen LogP contribution < -0.4 is 5.32 Å². The molecule has 4 rings (SSSR count). The van der Waals surface area contributed by atoms with E-state index in [1.54, 1.807) is 12.1 Å². The summed E-state index contributed by atoms with van der Waals surface area (Å²) in [7, 11) is 5.45. The van der Waals surface area contributed by atoms with Gasteiger partial charge in [-0.15, -0.1) is 0 Å². The maximum atomic E-state index is 13.9. The molecule has 0 spiro atoms. The second-order valence-electron chi connectivity index (χ2n) is 10.8. The first-order chi connectivity index (χ1) is 18.6. The number of carbonyl (C=O) groups is 2. The van der Waals surface area contributed by atoms with Crippen molar-refractivity contribution in [3.63, 3.8) is 0 Å². The van der Waals surface area contributed by atoms with Crippen LogP contribution in [0.25, 0.3) is 10.9 Å². The molecule has 2 aromatic carbocycles. The Bertz CT molecular complexity index is 1310. The van der Waals surface area contributed by atoms with E-state index in [9.17, 15) is 14.0 Å². The van der Waals surface area contributed by atoms with Crippen molar-refractivity contribution in [2.75, 3.05) is 47.4 Å². The molecule has 1 fully saturated rings. The van der Waals surface area contributed by atoms with Crippen LogP contribution in [0.4, 0.5) is 4.39 Å². The molecule has 0 bridgehead atoms. The van der Waals surface area contributed by atoms with E-state index in [-0.39, 0.29) is 29.6 Å². The predicted octanol–water partition coefficient (Wildman–Crippen LogP) is 3.66. The molecule has 2 N–H and O–H groups in total. The van der Waals surface area contributed by atoms with Crippen molar-refractivity contribution in [3.05, 3.63) is 70.7 Å². The lowest BCUT2D eigenvalue weighted by molar-refractivity contribution is 0.0291. The van der Waals surface area contributed by atoms with Crippen molar-refractivity contribution in [1.82, 2.24) is 25.0 Å². The third kappa shape index (κ3) is 6.55. The number of aryl methyl sites for hydroxylation is 1. The summed E-state index contributed by atoms with van der Waals surface area (Å²) in [5, 5.41) is 3.89. The number of ketones is 1. The van der Waals surface area contributed by atoms with Crippen LogP contribution in [0.2, 0.25) is 0 Å². The number of likely N-dealkylation sites (N-methyl/N-ethyl adjacent to an activating group) is 1. The zero-order valence-corrected chi connectivity index (χ0v) is 23.8. The number of benzene rings is 2. The highest BCUT2D eigenvalue weighted by atomic mass is 19.1. The lowest BCUT2D eigenvalue weighted by atomic mass is 10.0. The number of Topliss-reactive ketones (excluding diaryl/α,β-unsaturated/α-hetero) is 1. The van der Waals surface area contributed by atoms with E-state index in [1.165, 1.54) is 19.2 Å². The van der Waals surface area contributed by atoms with E-state index in [1.807, 2.05) is 49.0 Å². The number of nitrogens with one attached hydrogen (secondary N) is 2. The number of halogens is 1. The van der Waals surface area contributed by atoms with Crippen molar-refractivity contribution < 1.29 is 18.7 Å². The number of aromatic amines is 1. The third-order valence-corrected chi connectivity index (χ3v) is 7.52. The Balaban J connectivity index is 1.53. The van der Waals surface area contributed by atoms with E-state index in [2.05, 4.69) is 29.0 Å². The largest absolute Gasteiger partial charge is 0.359 e. The molecule has 0 radical (unpaired) electrons. The molecule has 1 aromatic heterocycles. The zero-order chi connectivity index (χ0) is 28.3. The van der Waals surface area contributed by atoms with E-state index in [0.29, 0.717) is 37.3 Å². The summed E-state index contributed by atoms with van der Waals surface area (Å²) in [6, 6.07) is 12.1. The number of aromatic nitrogens is 1. The molecule has 8 nitrogen and oxygen atoms in total. The molecule has 39 heavy (non-hydrogen) atoms. The van der Waals surface area contributed by atoms with Gasteiger partial charge in [0, 0.05) is 74.1 Å². The summed E-state index contributed by atoms with van der Waals surface area (Å²) in [4.78, 5) is 36.8. The van der Waals surface area contributed by atoms with Gasteiger partial charge < -0.3 is 19.5 Å². The molecular weight excluding hydrogens is 497 g/mol. The Morgan fingerprint density at radius 1 is 1.13 bits per heavy atom. The van der Waals surface area contributed by atoms with Gasteiger partial charge in [0.15, 0.2) is 6.23 Å². The summed E-state index contributed by atoms with van der Waals surface area (Å²) in [6.07, 6.45) is -0.767. The van der Waals surface area contributed by atoms with Crippen LogP contribution in [-0.4, -0.2) is 97.1 Å². The molecule has 1 amide bonds. The van der Waals surface area contributed by atoms with Crippen LogP contribution in [0.3, 0.4) is 0 Å². The predicted molar refractivity (Wildman–Crippen MR) is 151 cm³/mol. The number of ether oxygens (including phenoxy) is 1. The molecule has 3 atom stereocenters. The second-order valence-corrected chi connectivity index (χ2v) is 10.8. The number of methoxy groups -OCH3 is 1. The van der Waals surface area contributed by atoms with E-state index in [4.69, 9.17) is 4.74 Å². The van der Waals surface area contributed by atoms with E-state index >= 15 is 0 Å². The number of hydrogen-bond donors (Lipinski definition) is 2. The number of H-pyrrole nitrogens is 1. The molecule has 0 saturated carbocycles. The SMILES string of the molecule is COC(NCCN(C)C)C(=O)c1ccc2[nH]c(C)c(C(=O)N3C[C@H](C)N(Cc4ccc(F)cc4)C[C@H]3C)c2c1. The Labute approximate surface area is 230 Å². The lowest BCUT2D eigenvalue weighted by Gasteiger charge is -2.44. The molecule has 0 aliphatic carbocycles. The van der Waals surface area contributed by atoms with Gasteiger partial charge in [-0.1, -0.05) is 12.1 Å². The molecule has 1 unspecified atom stereocenters. The fourth-order valence-electron chi connectivity index (χ4n) is 5.28. The van der Waals surface area contributed by atoms with Crippen LogP contribution in [0.1, 0.15) is 45.8 Å². The van der Waals surface area contributed by atoms with Gasteiger partial charge in [0.25, 0.3) is 5.91 Å². The van der Waals surface area contributed by atoms with Crippen LogP contribution >= 0.6 is 0 Å². The van der Waals surface area contributed by atoms with Gasteiger partial charge in [-0.3, -0.25) is 19.8 Å². The Morgan fingerprint density at radius 2 is 1.85 bits per heavy atom. The van der Waals surface area contributed by atoms with Crippen molar-refractivity contribution in [3.8, 4) is 0 Å². The minimum absolute atomic E-state index is 0.0120. The number of fused-ring (bicyclic) bond motifs is 1. The molecule has 9 heteroatoms. The smallest absolute Gasteiger partial charge is 0.256 e. The van der Waals surface area contributed by atoms with Crippen molar-refractivity contribution >= 4 is 22.6 Å². The first-order valence-corrected chi connectivity index (χ1v) is 13.5. The zero-order valence-electron chi connectivity index (χ0n) is 23.8. The standard InChI is InChI=1S/C30H40FN5O3/c1-19-17-36(20(2)16-35(19)18-22-7-10-24(31)11-8-22)30(38)27-21(3)33-26-12-9-23(15-25(26)27)28(37)29(39-6)32-13-14-34(4)5/h7-12,15,19-20,29,32-33H,13-14,16-18H2,1-6H3/t19-,20+,29?/m0/s1. The number of carbonyl (C=O) groups excluding carboxylic acids is 2. The highest BCUT2D eigenvalue weighted by Crippen LogP contribution is 2.28. The second kappa shape index (κ2) is 12.4. The summed E-state index contributed by atoms with van der Waals surface area (Å²) in [6.45, 7) is 9.44. The fraction of sp³-hybridized carbons (Fsp3) is 0.467. The van der Waals surface area contributed by atoms with Crippen LogP contribution in [0.5, 0.6) is 0 Å². The monoisotopic (exact) mass is 537 g/mol. The number of hydrogen-bond acceptors (Lipinski definition) is 6. The number of nitrogens with zero attached hydrogens (tertiary/aromatic N) is 3. The molecule has 2 heterocycles. The lowest BCUT2D eigenvalue weighted by Crippen LogP contribution is -2.57. The van der Waals surface area contributed by atoms with Crippen LogP contribution in [0.15, 0.2) is 42.5 Å². The summed E-state index contributed by atoms with van der Waals surface area (Å²) < 4.78 is 18.8. The van der Waals surface area contributed by atoms with Crippen LogP contribution in [0, 0.1) is 12.7 Å². The van der Waals surface area contributed by atoms with Gasteiger partial charge in [-0.25, -0.2) is 4.39 Å². The van der Waals surface area contributed by atoms with Crippen LogP contribution in [-0.2, 0) is 11.3 Å². The topological polar surface area (TPSA) is 80.9 Å². The maximum Gasteiger partial charge on any atom is 0.256 e. The summed E-state index contributed by atoms with van der Waals surface area (Å²) in [5.41, 5.74) is 3.73. The Morgan fingerprint density at radius 3 is 2.51 bits per heavy atom. The Hall–Kier alpha value is -3.11. The van der Waals surface area contributed by atoms with Crippen molar-refractivity contribution in [2.24, 2.45) is 0 Å². The van der Waals surface area contributed by atoms with Gasteiger partial charge in [0.2, 0.25) is 5.78 Å². The van der Waals surface area contributed by atoms with Crippen molar-refractivity contribution in [2.45, 2.75) is 45.6 Å². The fourth-order valence-corrected chi connectivity index (χ4v) is 5.28. The molecule has 1 saturated heterocycles. The van der Waals surface area contributed by atoms with Gasteiger partial charge >= 0.3 is 0 Å². The third-order valence-electron chi connectivity index (χ3n) is 7.52. The number of rotatable bonds is 10. The molecule has 210 valence electrons. The maximum absolute atomic E-state index is 13.9. The molecule has 3 aromatic rings. The van der Waals surface area contributed by atoms with Gasteiger partial charge in [0.05, 0.1) is 5.56 Å². The van der Waals surface area contributed by atoms with Crippen molar-refractivity contribution in [1.29, 1.82) is 0 Å². The highest BCUT2D eigenvalue weighted by molar-refractivity contribution is 6.10. The quantitative estimate of drug-likeness (QED) is 0.304. The molecular formula is C30H40FN5O3. The number of piperazine rings is 1. The summed E-state index contributed by atoms with van der Waals surface area (Å²) in [5.74, 6) is -0.462. The number of amides is 1. The minimum Gasteiger partial charge on any atom is -0.359 e. The normalized spacial score (nSPS) is 19.1.